The van der Waals surface area contributed by atoms with Gasteiger partial charge < -0.3 is 10.2 Å². The van der Waals surface area contributed by atoms with Crippen LogP contribution in [0.2, 0.25) is 0 Å². The topological polar surface area (TPSA) is 78.5 Å². The minimum absolute atomic E-state index is 0.0743. The molecular formula is C19H28F3N3O3S. The van der Waals surface area contributed by atoms with Gasteiger partial charge in [0.1, 0.15) is 0 Å². The third-order valence-corrected chi connectivity index (χ3v) is 6.57. The van der Waals surface area contributed by atoms with Crippen molar-refractivity contribution in [3.63, 3.8) is 0 Å². The van der Waals surface area contributed by atoms with Crippen molar-refractivity contribution >= 4 is 15.9 Å². The molecule has 0 spiro atoms. The van der Waals surface area contributed by atoms with Crippen molar-refractivity contribution in [1.29, 1.82) is 0 Å². The summed E-state index contributed by atoms with van der Waals surface area (Å²) in [5, 5.41) is 2.80. The fraction of sp³-hybridized carbons (Fsp3) is 0.632. The summed E-state index contributed by atoms with van der Waals surface area (Å²) in [5.41, 5.74) is -1.26. The minimum Gasteiger partial charge on any atom is -0.352 e. The van der Waals surface area contributed by atoms with E-state index >= 15 is 0 Å². The highest BCUT2D eigenvalue weighted by Crippen LogP contribution is 2.33. The first-order valence-electron chi connectivity index (χ1n) is 9.76. The van der Waals surface area contributed by atoms with Crippen molar-refractivity contribution in [1.82, 2.24) is 14.9 Å². The zero-order valence-electron chi connectivity index (χ0n) is 16.6. The number of rotatable bonds is 8. The first-order valence-corrected chi connectivity index (χ1v) is 11.2. The predicted octanol–water partition coefficient (Wildman–Crippen LogP) is 2.75. The molecule has 2 N–H and O–H groups in total. The van der Waals surface area contributed by atoms with Gasteiger partial charge >= 0.3 is 6.18 Å². The van der Waals surface area contributed by atoms with Gasteiger partial charge in [-0.3, -0.25) is 4.79 Å². The number of nitrogens with one attached hydrogen (secondary N) is 2. The van der Waals surface area contributed by atoms with E-state index < -0.39 is 38.6 Å². The van der Waals surface area contributed by atoms with E-state index in [-0.39, 0.29) is 6.04 Å². The number of hydrogen-bond acceptors (Lipinski definition) is 4. The molecule has 1 amide bonds. The number of unbranched alkanes of at least 4 members (excludes halogenated alkanes) is 1. The number of likely N-dealkylation sites (tertiary alicyclic amines) is 1. The molecule has 1 heterocycles. The van der Waals surface area contributed by atoms with Gasteiger partial charge in [-0.15, -0.1) is 0 Å². The number of alkyl halides is 3. The number of piperidine rings is 1. The Balaban J connectivity index is 1.96. The first-order chi connectivity index (χ1) is 13.5. The number of carbonyl (C=O) groups excluding carboxylic acids is 1. The molecule has 0 aliphatic carbocycles. The van der Waals surface area contributed by atoms with Crippen LogP contribution >= 0.6 is 0 Å². The maximum absolute atomic E-state index is 13.1. The second-order valence-electron chi connectivity index (χ2n) is 7.31. The van der Waals surface area contributed by atoms with Gasteiger partial charge in [0.2, 0.25) is 15.9 Å². The Hall–Kier alpha value is -1.65. The summed E-state index contributed by atoms with van der Waals surface area (Å²) in [4.78, 5) is 13.8. The molecule has 0 bridgehead atoms. The summed E-state index contributed by atoms with van der Waals surface area (Å²) in [6.45, 7) is 6.17. The molecule has 0 radical (unpaired) electrons. The van der Waals surface area contributed by atoms with Gasteiger partial charge in [-0.25, -0.2) is 8.42 Å². The molecule has 6 nitrogen and oxygen atoms in total. The molecule has 1 saturated heterocycles. The molecule has 0 aromatic heterocycles. The molecule has 1 aromatic carbocycles. The van der Waals surface area contributed by atoms with E-state index in [9.17, 15) is 26.4 Å². The van der Waals surface area contributed by atoms with Crippen LogP contribution in [0.25, 0.3) is 0 Å². The lowest BCUT2D eigenvalue weighted by molar-refractivity contribution is -0.139. The van der Waals surface area contributed by atoms with Crippen LogP contribution in [-0.4, -0.2) is 50.9 Å². The molecule has 1 aliphatic rings. The number of amides is 1. The van der Waals surface area contributed by atoms with Crippen molar-refractivity contribution in [3.8, 4) is 0 Å². The highest BCUT2D eigenvalue weighted by atomic mass is 32.2. The van der Waals surface area contributed by atoms with E-state index in [0.29, 0.717) is 6.07 Å². The van der Waals surface area contributed by atoms with Crippen LogP contribution in [0.15, 0.2) is 29.2 Å². The van der Waals surface area contributed by atoms with E-state index in [4.69, 9.17) is 0 Å². The molecule has 10 heteroatoms. The largest absolute Gasteiger partial charge is 0.417 e. The van der Waals surface area contributed by atoms with Crippen LogP contribution in [0.3, 0.4) is 0 Å². The van der Waals surface area contributed by atoms with E-state index in [1.807, 2.05) is 0 Å². The van der Waals surface area contributed by atoms with Crippen molar-refractivity contribution in [2.45, 2.75) is 62.7 Å². The Morgan fingerprint density at radius 2 is 1.86 bits per heavy atom. The number of hydrogen-bond donors (Lipinski definition) is 2. The molecule has 164 valence electrons. The quantitative estimate of drug-likeness (QED) is 0.658. The molecule has 1 fully saturated rings. The van der Waals surface area contributed by atoms with E-state index in [1.54, 1.807) is 0 Å². The molecule has 0 saturated carbocycles. The highest BCUT2D eigenvalue weighted by Gasteiger charge is 2.37. The van der Waals surface area contributed by atoms with Crippen LogP contribution in [0, 0.1) is 0 Å². The molecule has 1 aromatic rings. The van der Waals surface area contributed by atoms with Crippen molar-refractivity contribution in [3.05, 3.63) is 29.8 Å². The second kappa shape index (κ2) is 9.90. The summed E-state index contributed by atoms with van der Waals surface area (Å²) < 4.78 is 66.3. The number of sulfonamides is 1. The van der Waals surface area contributed by atoms with Crippen LogP contribution in [0.4, 0.5) is 13.2 Å². The Labute approximate surface area is 169 Å². The summed E-state index contributed by atoms with van der Waals surface area (Å²) in [6, 6.07) is 2.63. The summed E-state index contributed by atoms with van der Waals surface area (Å²) >= 11 is 0. The number of nitrogens with zero attached hydrogens (tertiary/aromatic N) is 1. The second-order valence-corrected chi connectivity index (χ2v) is 9.00. The first kappa shape index (κ1) is 23.6. The van der Waals surface area contributed by atoms with Gasteiger partial charge in [-0.1, -0.05) is 25.5 Å². The van der Waals surface area contributed by atoms with Crippen molar-refractivity contribution in [2.24, 2.45) is 0 Å². The van der Waals surface area contributed by atoms with E-state index in [0.717, 1.165) is 57.5 Å². The third-order valence-electron chi connectivity index (χ3n) is 4.97. The Kier molecular flexibility index (Phi) is 8.07. The lowest BCUT2D eigenvalue weighted by atomic mass is 10.0. The SMILES string of the molecule is CCCCN1CCC(NC(=O)[C@H](C)NS(=O)(=O)c2ccccc2C(F)(F)F)CC1. The third kappa shape index (κ3) is 6.68. The van der Waals surface area contributed by atoms with Crippen LogP contribution in [0.5, 0.6) is 0 Å². The highest BCUT2D eigenvalue weighted by molar-refractivity contribution is 7.89. The number of carbonyl (C=O) groups is 1. The normalized spacial score (nSPS) is 17.8. The van der Waals surface area contributed by atoms with Gasteiger partial charge in [0.15, 0.2) is 0 Å². The zero-order valence-corrected chi connectivity index (χ0v) is 17.4. The Bertz CT molecular complexity index is 791. The standard InChI is InChI=1S/C19H28F3N3O3S/c1-3-4-11-25-12-9-15(10-13-25)23-18(26)14(2)24-29(27,28)17-8-6-5-7-16(17)19(20,21)22/h5-8,14-15,24H,3-4,9-13H2,1-2H3,(H,23,26)/t14-/m0/s1. The van der Waals surface area contributed by atoms with E-state index in [1.165, 1.54) is 13.0 Å². The predicted molar refractivity (Wildman–Crippen MR) is 104 cm³/mol. The molecule has 29 heavy (non-hydrogen) atoms. The average molecular weight is 436 g/mol. The summed E-state index contributed by atoms with van der Waals surface area (Å²) in [7, 11) is -4.52. The lowest BCUT2D eigenvalue weighted by Gasteiger charge is -2.32. The lowest BCUT2D eigenvalue weighted by Crippen LogP contribution is -2.51. The molecule has 1 atom stereocenters. The molecule has 0 unspecified atom stereocenters. The summed E-state index contributed by atoms with van der Waals surface area (Å²) in [6.07, 6.45) is -1.07. The van der Waals surface area contributed by atoms with Gasteiger partial charge in [-0.05, 0) is 44.9 Å². The van der Waals surface area contributed by atoms with E-state index in [2.05, 4.69) is 21.9 Å². The fourth-order valence-corrected chi connectivity index (χ4v) is 4.72. The maximum Gasteiger partial charge on any atom is 0.417 e. The Morgan fingerprint density at radius 1 is 1.24 bits per heavy atom. The molecule has 1 aliphatic heterocycles. The van der Waals surface area contributed by atoms with Gasteiger partial charge in [-0.2, -0.15) is 17.9 Å². The number of halogens is 3. The fourth-order valence-electron chi connectivity index (χ4n) is 3.29. The minimum atomic E-state index is -4.82. The monoisotopic (exact) mass is 435 g/mol. The van der Waals surface area contributed by atoms with Gasteiger partial charge in [0, 0.05) is 19.1 Å². The van der Waals surface area contributed by atoms with Crippen LogP contribution in [0.1, 0.15) is 45.1 Å². The smallest absolute Gasteiger partial charge is 0.352 e. The maximum atomic E-state index is 13.1. The van der Waals surface area contributed by atoms with Crippen molar-refractivity contribution < 1.29 is 26.4 Å². The van der Waals surface area contributed by atoms with Gasteiger partial charge in [0.25, 0.3) is 0 Å². The molecular weight excluding hydrogens is 407 g/mol. The van der Waals surface area contributed by atoms with Gasteiger partial charge in [0.05, 0.1) is 16.5 Å². The Morgan fingerprint density at radius 3 is 2.45 bits per heavy atom. The number of benzene rings is 1. The average Bonchev–Trinajstić information content (AvgIpc) is 2.66. The van der Waals surface area contributed by atoms with Crippen molar-refractivity contribution in [2.75, 3.05) is 19.6 Å². The summed E-state index contributed by atoms with van der Waals surface area (Å²) in [5.74, 6) is -0.551. The van der Waals surface area contributed by atoms with Crippen LogP contribution < -0.4 is 10.0 Å². The van der Waals surface area contributed by atoms with Crippen LogP contribution in [-0.2, 0) is 21.0 Å². The molecule has 2 rings (SSSR count). The zero-order chi connectivity index (χ0) is 21.7.